The maximum Gasteiger partial charge on any atom is 0.335 e. The first-order valence-electron chi connectivity index (χ1n) is 11.2. The van der Waals surface area contributed by atoms with Gasteiger partial charge in [-0.3, -0.25) is 0 Å². The molecule has 0 saturated carbocycles. The van der Waals surface area contributed by atoms with Gasteiger partial charge >= 0.3 is 5.97 Å². The smallest absolute Gasteiger partial charge is 0.335 e. The van der Waals surface area contributed by atoms with Gasteiger partial charge in [0, 0.05) is 47.5 Å². The number of methoxy groups -OCH3 is 1. The lowest BCUT2D eigenvalue weighted by Gasteiger charge is -2.26. The van der Waals surface area contributed by atoms with Gasteiger partial charge in [-0.15, -0.1) is 0 Å². The van der Waals surface area contributed by atoms with E-state index in [-0.39, 0.29) is 17.2 Å². The molecule has 5 rings (SSSR count). The van der Waals surface area contributed by atoms with Crippen molar-refractivity contribution in [3.8, 4) is 22.6 Å². The van der Waals surface area contributed by atoms with Crippen LogP contribution in [-0.2, 0) is 4.74 Å². The molecule has 0 radical (unpaired) electrons. The molecule has 0 aliphatic carbocycles. The van der Waals surface area contributed by atoms with Crippen LogP contribution in [0.25, 0.3) is 27.7 Å². The summed E-state index contributed by atoms with van der Waals surface area (Å²) in [6.45, 7) is 1.05. The molecule has 3 aromatic carbocycles. The van der Waals surface area contributed by atoms with Crippen molar-refractivity contribution < 1.29 is 32.5 Å². The highest BCUT2D eigenvalue weighted by Crippen LogP contribution is 2.45. The summed E-state index contributed by atoms with van der Waals surface area (Å²) in [5.74, 6) is -3.58. The van der Waals surface area contributed by atoms with Gasteiger partial charge in [0.1, 0.15) is 0 Å². The van der Waals surface area contributed by atoms with Crippen molar-refractivity contribution in [2.75, 3.05) is 20.3 Å². The van der Waals surface area contributed by atoms with E-state index in [0.29, 0.717) is 53.8 Å². The minimum atomic E-state index is -1.06. The highest BCUT2D eigenvalue weighted by Gasteiger charge is 2.29. The number of ether oxygens (including phenoxy) is 2. The Kier molecular flexibility index (Phi) is 5.98. The quantitative estimate of drug-likeness (QED) is 0.363. The van der Waals surface area contributed by atoms with Gasteiger partial charge in [-0.05, 0) is 60.9 Å². The summed E-state index contributed by atoms with van der Waals surface area (Å²) in [6, 6.07) is 12.9. The number of carboxylic acid groups (broad SMARTS) is 1. The monoisotopic (exact) mass is 481 g/mol. The van der Waals surface area contributed by atoms with E-state index in [1.54, 1.807) is 24.3 Å². The standard InChI is InChI=1S/C27H22F3NO4/c1-34-24-12-17(4-7-20(24)28)25-19-13-21(29)22(30)14-23(19)31(26(25)15-8-10-35-11-9-15)18-5-2-16(3-6-18)27(32)33/h2-7,12-15H,8-11H2,1H3,(H,32,33). The van der Waals surface area contributed by atoms with Gasteiger partial charge in [0.25, 0.3) is 0 Å². The number of rotatable bonds is 5. The topological polar surface area (TPSA) is 60.7 Å². The molecule has 180 valence electrons. The average Bonchev–Trinajstić information content (AvgIpc) is 3.19. The molecule has 8 heteroatoms. The lowest BCUT2D eigenvalue weighted by Crippen LogP contribution is -2.17. The van der Waals surface area contributed by atoms with Gasteiger partial charge in [0.05, 0.1) is 18.2 Å². The van der Waals surface area contributed by atoms with Crippen molar-refractivity contribution in [1.82, 2.24) is 4.57 Å². The lowest BCUT2D eigenvalue weighted by molar-refractivity contribution is 0.0697. The van der Waals surface area contributed by atoms with Gasteiger partial charge in [-0.25, -0.2) is 18.0 Å². The number of carbonyl (C=O) groups is 1. The molecule has 0 unspecified atom stereocenters. The predicted octanol–water partition coefficient (Wildman–Crippen LogP) is 6.32. The largest absolute Gasteiger partial charge is 0.494 e. The number of halogens is 3. The molecule has 1 N–H and O–H groups in total. The molecule has 1 fully saturated rings. The van der Waals surface area contributed by atoms with Gasteiger partial charge in [-0.1, -0.05) is 6.07 Å². The first-order valence-corrected chi connectivity index (χ1v) is 11.2. The second-order valence-corrected chi connectivity index (χ2v) is 8.47. The highest BCUT2D eigenvalue weighted by atomic mass is 19.2. The normalized spacial score (nSPS) is 14.4. The van der Waals surface area contributed by atoms with Crippen LogP contribution in [0, 0.1) is 17.5 Å². The van der Waals surface area contributed by atoms with E-state index in [4.69, 9.17) is 9.47 Å². The molecule has 1 aliphatic rings. The van der Waals surface area contributed by atoms with Crippen molar-refractivity contribution in [1.29, 1.82) is 0 Å². The highest BCUT2D eigenvalue weighted by molar-refractivity contribution is 6.00. The molecule has 35 heavy (non-hydrogen) atoms. The molecular formula is C27H22F3NO4. The number of hydrogen-bond acceptors (Lipinski definition) is 3. The van der Waals surface area contributed by atoms with E-state index in [1.165, 1.54) is 25.3 Å². The molecule has 1 aromatic heterocycles. The molecule has 1 aliphatic heterocycles. The summed E-state index contributed by atoms with van der Waals surface area (Å²) in [5, 5.41) is 9.77. The van der Waals surface area contributed by atoms with Crippen LogP contribution in [0.5, 0.6) is 5.75 Å². The van der Waals surface area contributed by atoms with Crippen LogP contribution in [0.15, 0.2) is 54.6 Å². The van der Waals surface area contributed by atoms with Crippen LogP contribution in [0.3, 0.4) is 0 Å². The fraction of sp³-hybridized carbons (Fsp3) is 0.222. The van der Waals surface area contributed by atoms with E-state index in [2.05, 4.69) is 0 Å². The van der Waals surface area contributed by atoms with E-state index in [9.17, 15) is 23.1 Å². The summed E-state index contributed by atoms with van der Waals surface area (Å²) >= 11 is 0. The van der Waals surface area contributed by atoms with Crippen molar-refractivity contribution in [2.45, 2.75) is 18.8 Å². The first kappa shape index (κ1) is 23.0. The number of aromatic nitrogens is 1. The number of fused-ring (bicyclic) bond motifs is 1. The third-order valence-electron chi connectivity index (χ3n) is 6.47. The van der Waals surface area contributed by atoms with Crippen LogP contribution in [0.4, 0.5) is 13.2 Å². The van der Waals surface area contributed by atoms with E-state index in [1.807, 2.05) is 4.57 Å². The lowest BCUT2D eigenvalue weighted by atomic mass is 9.90. The van der Waals surface area contributed by atoms with E-state index < -0.39 is 23.4 Å². The van der Waals surface area contributed by atoms with Crippen molar-refractivity contribution in [2.24, 2.45) is 0 Å². The van der Waals surface area contributed by atoms with Gasteiger partial charge in [-0.2, -0.15) is 0 Å². The summed E-state index contributed by atoms with van der Waals surface area (Å²) < 4.78 is 55.9. The number of aromatic carboxylic acids is 1. The van der Waals surface area contributed by atoms with Gasteiger partial charge in [0.15, 0.2) is 23.2 Å². The fourth-order valence-corrected chi connectivity index (χ4v) is 4.81. The second kappa shape index (κ2) is 9.11. The van der Waals surface area contributed by atoms with E-state index >= 15 is 0 Å². The minimum absolute atomic E-state index is 0.0209. The Morgan fingerprint density at radius 1 is 0.971 bits per heavy atom. The molecular weight excluding hydrogens is 459 g/mol. The summed E-state index contributed by atoms with van der Waals surface area (Å²) in [5.41, 5.74) is 3.18. The first-order chi connectivity index (χ1) is 16.9. The average molecular weight is 481 g/mol. The maximum atomic E-state index is 14.5. The molecule has 0 atom stereocenters. The Bertz CT molecular complexity index is 1420. The molecule has 5 nitrogen and oxygen atoms in total. The Labute approximate surface area is 199 Å². The summed E-state index contributed by atoms with van der Waals surface area (Å²) in [7, 11) is 1.36. The number of hydrogen-bond donors (Lipinski definition) is 1. The number of nitrogens with zero attached hydrogens (tertiary/aromatic N) is 1. The third-order valence-corrected chi connectivity index (χ3v) is 6.47. The molecule has 0 bridgehead atoms. The fourth-order valence-electron chi connectivity index (χ4n) is 4.81. The Morgan fingerprint density at radius 2 is 1.66 bits per heavy atom. The second-order valence-electron chi connectivity index (χ2n) is 8.47. The molecule has 0 spiro atoms. The van der Waals surface area contributed by atoms with Crippen LogP contribution in [0.1, 0.15) is 34.8 Å². The molecule has 1 saturated heterocycles. The maximum absolute atomic E-state index is 14.5. The van der Waals surface area contributed by atoms with Crippen LogP contribution < -0.4 is 4.74 Å². The van der Waals surface area contributed by atoms with Crippen LogP contribution in [-0.4, -0.2) is 36.0 Å². The summed E-state index contributed by atoms with van der Waals surface area (Å²) in [4.78, 5) is 11.4. The zero-order chi connectivity index (χ0) is 24.7. The number of benzene rings is 3. The molecule has 2 heterocycles. The van der Waals surface area contributed by atoms with Gasteiger partial charge in [0.2, 0.25) is 0 Å². The van der Waals surface area contributed by atoms with Crippen molar-refractivity contribution in [3.63, 3.8) is 0 Å². The number of carboxylic acids is 1. The SMILES string of the molecule is COc1cc(-c2c(C3CCOCC3)n(-c3ccc(C(=O)O)cc3)c3cc(F)c(F)cc23)ccc1F. The minimum Gasteiger partial charge on any atom is -0.494 e. The van der Waals surface area contributed by atoms with Crippen LogP contribution >= 0.6 is 0 Å². The van der Waals surface area contributed by atoms with E-state index in [0.717, 1.165) is 17.8 Å². The zero-order valence-electron chi connectivity index (χ0n) is 18.9. The molecule has 0 amide bonds. The Balaban J connectivity index is 1.87. The summed E-state index contributed by atoms with van der Waals surface area (Å²) in [6.07, 6.45) is 1.36. The van der Waals surface area contributed by atoms with Crippen molar-refractivity contribution >= 4 is 16.9 Å². The van der Waals surface area contributed by atoms with Crippen molar-refractivity contribution in [3.05, 3.63) is 83.3 Å². The van der Waals surface area contributed by atoms with Gasteiger partial charge < -0.3 is 19.1 Å². The third kappa shape index (κ3) is 4.04. The van der Waals surface area contributed by atoms with Crippen LogP contribution in [0.2, 0.25) is 0 Å². The Morgan fingerprint density at radius 3 is 2.31 bits per heavy atom. The predicted molar refractivity (Wildman–Crippen MR) is 125 cm³/mol. The molecule has 4 aromatic rings. The zero-order valence-corrected chi connectivity index (χ0v) is 18.9. The Hall–Kier alpha value is -3.78.